The van der Waals surface area contributed by atoms with Crippen LogP contribution in [0.4, 0.5) is 5.69 Å². The largest absolute Gasteiger partial charge is 0.490 e. The molecule has 0 aliphatic rings. The summed E-state index contributed by atoms with van der Waals surface area (Å²) in [5, 5.41) is 3.24. The van der Waals surface area contributed by atoms with Crippen molar-refractivity contribution in [3.63, 3.8) is 0 Å². The smallest absolute Gasteiger partial charge is 0.255 e. The molecule has 26 heavy (non-hydrogen) atoms. The predicted molar refractivity (Wildman–Crippen MR) is 107 cm³/mol. The summed E-state index contributed by atoms with van der Waals surface area (Å²) in [6.07, 6.45) is 0. The van der Waals surface area contributed by atoms with Crippen molar-refractivity contribution < 1.29 is 19.0 Å². The van der Waals surface area contributed by atoms with Gasteiger partial charge in [0.1, 0.15) is 0 Å². The zero-order valence-corrected chi connectivity index (χ0v) is 17.2. The molecule has 0 aromatic heterocycles. The first kappa shape index (κ1) is 20.4. The first-order valence-electron chi connectivity index (χ1n) is 8.32. The topological polar surface area (TPSA) is 56.8 Å². The molecule has 0 spiro atoms. The van der Waals surface area contributed by atoms with Gasteiger partial charge in [0.15, 0.2) is 11.5 Å². The fourth-order valence-electron chi connectivity index (χ4n) is 2.31. The van der Waals surface area contributed by atoms with E-state index in [9.17, 15) is 4.79 Å². The van der Waals surface area contributed by atoms with E-state index >= 15 is 0 Å². The van der Waals surface area contributed by atoms with Crippen LogP contribution in [-0.4, -0.2) is 25.7 Å². The number of carbonyl (C=O) groups excluding carboxylic acids is 1. The van der Waals surface area contributed by atoms with E-state index in [0.29, 0.717) is 53.3 Å². The van der Waals surface area contributed by atoms with Gasteiger partial charge in [0, 0.05) is 10.0 Å². The number of halogens is 2. The van der Waals surface area contributed by atoms with Crippen molar-refractivity contribution in [2.24, 2.45) is 0 Å². The van der Waals surface area contributed by atoms with Crippen LogP contribution in [0.25, 0.3) is 0 Å². The van der Waals surface area contributed by atoms with Crippen molar-refractivity contribution in [2.45, 2.75) is 20.8 Å². The third-order valence-corrected chi connectivity index (χ3v) is 4.16. The van der Waals surface area contributed by atoms with Gasteiger partial charge in [0.2, 0.25) is 5.75 Å². The predicted octanol–water partition coefficient (Wildman–Crippen LogP) is 5.55. The highest BCUT2D eigenvalue weighted by atomic mass is 79.9. The molecule has 0 saturated carbocycles. The number of hydrogen-bond acceptors (Lipinski definition) is 4. The number of amides is 1. The maximum absolute atomic E-state index is 12.7. The highest BCUT2D eigenvalue weighted by molar-refractivity contribution is 9.10. The SMILES string of the molecule is CCOc1cc(C(=O)Nc2ccc(Br)cc2Cl)cc(OCC)c1OCC. The zero-order valence-electron chi connectivity index (χ0n) is 14.9. The van der Waals surface area contributed by atoms with Gasteiger partial charge in [-0.3, -0.25) is 4.79 Å². The minimum Gasteiger partial charge on any atom is -0.490 e. The van der Waals surface area contributed by atoms with Crippen molar-refractivity contribution in [1.29, 1.82) is 0 Å². The van der Waals surface area contributed by atoms with E-state index in [1.54, 1.807) is 30.3 Å². The van der Waals surface area contributed by atoms with Gasteiger partial charge in [0.05, 0.1) is 30.5 Å². The molecule has 0 aliphatic carbocycles. The summed E-state index contributed by atoms with van der Waals surface area (Å²) < 4.78 is 17.8. The van der Waals surface area contributed by atoms with E-state index in [1.165, 1.54) is 0 Å². The standard InChI is InChI=1S/C19H21BrClNO4/c1-4-24-16-9-12(10-17(25-5-2)18(16)26-6-3)19(23)22-15-8-7-13(20)11-14(15)21/h7-11H,4-6H2,1-3H3,(H,22,23). The van der Waals surface area contributed by atoms with Crippen LogP contribution in [0.2, 0.25) is 5.02 Å². The van der Waals surface area contributed by atoms with Gasteiger partial charge in [-0.05, 0) is 51.1 Å². The molecule has 0 unspecified atom stereocenters. The number of benzene rings is 2. The molecule has 2 aromatic rings. The third kappa shape index (κ3) is 5.05. The van der Waals surface area contributed by atoms with Gasteiger partial charge >= 0.3 is 0 Å². The lowest BCUT2D eigenvalue weighted by molar-refractivity contribution is 0.102. The Labute approximate surface area is 166 Å². The van der Waals surface area contributed by atoms with Crippen LogP contribution in [-0.2, 0) is 0 Å². The summed E-state index contributed by atoms with van der Waals surface area (Å²) >= 11 is 9.51. The Morgan fingerprint density at radius 3 is 2.08 bits per heavy atom. The number of hydrogen-bond donors (Lipinski definition) is 1. The highest BCUT2D eigenvalue weighted by Crippen LogP contribution is 2.39. The van der Waals surface area contributed by atoms with Crippen molar-refractivity contribution in [3.8, 4) is 17.2 Å². The summed E-state index contributed by atoms with van der Waals surface area (Å²) in [7, 11) is 0. The molecule has 1 amide bonds. The Hall–Kier alpha value is -1.92. The Balaban J connectivity index is 2.38. The zero-order chi connectivity index (χ0) is 19.1. The van der Waals surface area contributed by atoms with Crippen LogP contribution in [0.15, 0.2) is 34.8 Å². The van der Waals surface area contributed by atoms with Crippen LogP contribution >= 0.6 is 27.5 Å². The second kappa shape index (κ2) is 9.69. The average Bonchev–Trinajstić information content (AvgIpc) is 2.60. The first-order valence-corrected chi connectivity index (χ1v) is 9.50. The monoisotopic (exact) mass is 441 g/mol. The fraction of sp³-hybridized carbons (Fsp3) is 0.316. The Morgan fingerprint density at radius 2 is 1.58 bits per heavy atom. The Bertz CT molecular complexity index is 755. The highest BCUT2D eigenvalue weighted by Gasteiger charge is 2.19. The molecule has 0 atom stereocenters. The lowest BCUT2D eigenvalue weighted by Gasteiger charge is -2.17. The van der Waals surface area contributed by atoms with E-state index in [4.69, 9.17) is 25.8 Å². The molecule has 2 aromatic carbocycles. The maximum atomic E-state index is 12.7. The van der Waals surface area contributed by atoms with Gasteiger partial charge in [-0.25, -0.2) is 0 Å². The molecule has 0 fully saturated rings. The molecule has 140 valence electrons. The van der Waals surface area contributed by atoms with Crippen LogP contribution in [0, 0.1) is 0 Å². The number of carbonyl (C=O) groups is 1. The fourth-order valence-corrected chi connectivity index (χ4v) is 3.03. The molecular weight excluding hydrogens is 422 g/mol. The van der Waals surface area contributed by atoms with Crippen LogP contribution in [0.1, 0.15) is 31.1 Å². The first-order chi connectivity index (χ1) is 12.5. The number of nitrogens with one attached hydrogen (secondary N) is 1. The molecule has 0 bridgehead atoms. The number of rotatable bonds is 8. The second-order valence-corrected chi connectivity index (χ2v) is 6.50. The molecule has 1 N–H and O–H groups in total. The third-order valence-electron chi connectivity index (χ3n) is 3.35. The quantitative estimate of drug-likeness (QED) is 0.582. The minimum absolute atomic E-state index is 0.320. The van der Waals surface area contributed by atoms with Crippen LogP contribution in [0.5, 0.6) is 17.2 Å². The molecule has 5 nitrogen and oxygen atoms in total. The van der Waals surface area contributed by atoms with Crippen molar-refractivity contribution in [2.75, 3.05) is 25.1 Å². The molecule has 0 saturated heterocycles. The van der Waals surface area contributed by atoms with E-state index < -0.39 is 0 Å². The van der Waals surface area contributed by atoms with Crippen molar-refractivity contribution >= 4 is 39.1 Å². The molecular formula is C19H21BrClNO4. The normalized spacial score (nSPS) is 10.3. The second-order valence-electron chi connectivity index (χ2n) is 5.18. The van der Waals surface area contributed by atoms with Crippen LogP contribution < -0.4 is 19.5 Å². The van der Waals surface area contributed by atoms with Gasteiger partial charge in [-0.1, -0.05) is 27.5 Å². The van der Waals surface area contributed by atoms with E-state index in [1.807, 2.05) is 20.8 Å². The summed E-state index contributed by atoms with van der Waals surface area (Å²) in [6.45, 7) is 6.95. The number of ether oxygens (including phenoxy) is 3. The molecule has 0 radical (unpaired) electrons. The summed E-state index contributed by atoms with van der Waals surface area (Å²) in [5.74, 6) is 1.10. The summed E-state index contributed by atoms with van der Waals surface area (Å²) in [4.78, 5) is 12.7. The molecule has 2 rings (SSSR count). The maximum Gasteiger partial charge on any atom is 0.255 e. The van der Waals surface area contributed by atoms with Crippen LogP contribution in [0.3, 0.4) is 0 Å². The lowest BCUT2D eigenvalue weighted by atomic mass is 10.1. The minimum atomic E-state index is -0.320. The van der Waals surface area contributed by atoms with Gasteiger partial charge in [0.25, 0.3) is 5.91 Å². The summed E-state index contributed by atoms with van der Waals surface area (Å²) in [5.41, 5.74) is 0.906. The Kier molecular flexibility index (Phi) is 7.60. The summed E-state index contributed by atoms with van der Waals surface area (Å²) in [6, 6.07) is 8.52. The van der Waals surface area contributed by atoms with Crippen molar-refractivity contribution in [1.82, 2.24) is 0 Å². The molecule has 0 heterocycles. The van der Waals surface area contributed by atoms with Gasteiger partial charge in [-0.15, -0.1) is 0 Å². The lowest BCUT2D eigenvalue weighted by Crippen LogP contribution is -2.13. The Morgan fingerprint density at radius 1 is 1.00 bits per heavy atom. The van der Waals surface area contributed by atoms with E-state index in [0.717, 1.165) is 4.47 Å². The number of anilines is 1. The average molecular weight is 443 g/mol. The van der Waals surface area contributed by atoms with E-state index in [2.05, 4.69) is 21.2 Å². The molecule has 0 aliphatic heterocycles. The van der Waals surface area contributed by atoms with Crippen molar-refractivity contribution in [3.05, 3.63) is 45.4 Å². The molecule has 7 heteroatoms. The van der Waals surface area contributed by atoms with E-state index in [-0.39, 0.29) is 5.91 Å². The van der Waals surface area contributed by atoms with Gasteiger partial charge < -0.3 is 19.5 Å². The van der Waals surface area contributed by atoms with Gasteiger partial charge in [-0.2, -0.15) is 0 Å².